The highest BCUT2D eigenvalue weighted by atomic mass is 19.4. The first-order chi connectivity index (χ1) is 17.7. The Morgan fingerprint density at radius 3 is 2.95 bits per heavy atom. The maximum absolute atomic E-state index is 14.1. The molecule has 0 spiro atoms. The van der Waals surface area contributed by atoms with Crippen molar-refractivity contribution < 1.29 is 27.4 Å². The second kappa shape index (κ2) is 8.43. The molecule has 11 nitrogen and oxygen atoms in total. The summed E-state index contributed by atoms with van der Waals surface area (Å²) in [6, 6.07) is 0.730. The van der Waals surface area contributed by atoms with Gasteiger partial charge >= 0.3 is 6.18 Å². The number of pyridine rings is 1. The first-order valence-corrected chi connectivity index (χ1v) is 11.9. The predicted molar refractivity (Wildman–Crippen MR) is 126 cm³/mol. The van der Waals surface area contributed by atoms with Gasteiger partial charge in [-0.25, -0.2) is 4.98 Å². The summed E-state index contributed by atoms with van der Waals surface area (Å²) >= 11 is 0. The van der Waals surface area contributed by atoms with E-state index in [1.165, 1.54) is 29.1 Å². The van der Waals surface area contributed by atoms with Gasteiger partial charge in [-0.3, -0.25) is 14.2 Å². The lowest BCUT2D eigenvalue weighted by Crippen LogP contribution is -2.55. The molecule has 3 atom stereocenters. The minimum atomic E-state index is -4.66. The van der Waals surface area contributed by atoms with Crippen molar-refractivity contribution in [1.82, 2.24) is 14.5 Å². The Bertz CT molecular complexity index is 1330. The summed E-state index contributed by atoms with van der Waals surface area (Å²) in [5, 5.41) is 10.9. The third kappa shape index (κ3) is 3.90. The van der Waals surface area contributed by atoms with Crippen LogP contribution in [0.2, 0.25) is 0 Å². The fourth-order valence-corrected chi connectivity index (χ4v) is 5.50. The molecule has 37 heavy (non-hydrogen) atoms. The van der Waals surface area contributed by atoms with E-state index < -0.39 is 42.1 Å². The molecular formula is C23H24F3N7O4. The molecule has 2 aromatic rings. The number of ketones is 1. The number of nitrogens with zero attached hydrogens (tertiary/aromatic N) is 5. The highest BCUT2D eigenvalue weighted by molar-refractivity contribution is 5.99. The van der Waals surface area contributed by atoms with Crippen molar-refractivity contribution in [1.29, 1.82) is 5.41 Å². The lowest BCUT2D eigenvalue weighted by molar-refractivity contribution is -0.152. The van der Waals surface area contributed by atoms with Gasteiger partial charge in [0.1, 0.15) is 24.0 Å². The molecule has 14 heteroatoms. The first kappa shape index (κ1) is 23.7. The fourth-order valence-electron chi connectivity index (χ4n) is 5.50. The molecule has 0 amide bonds. The summed E-state index contributed by atoms with van der Waals surface area (Å²) in [7, 11) is 0. The molecule has 0 saturated carbocycles. The van der Waals surface area contributed by atoms with Gasteiger partial charge in [0.25, 0.3) is 5.56 Å². The van der Waals surface area contributed by atoms with Crippen molar-refractivity contribution in [2.75, 3.05) is 48.0 Å². The largest absolute Gasteiger partial charge is 0.488 e. The summed E-state index contributed by atoms with van der Waals surface area (Å²) < 4.78 is 54.7. The average Bonchev–Trinajstić information content (AvgIpc) is 3.47. The van der Waals surface area contributed by atoms with Crippen molar-refractivity contribution in [2.24, 2.45) is 0 Å². The zero-order chi connectivity index (χ0) is 25.9. The van der Waals surface area contributed by atoms with Crippen molar-refractivity contribution in [2.45, 2.75) is 43.2 Å². The van der Waals surface area contributed by atoms with Gasteiger partial charge in [-0.1, -0.05) is 0 Å². The molecule has 2 N–H and O–H groups in total. The first-order valence-electron chi connectivity index (χ1n) is 11.9. The van der Waals surface area contributed by atoms with Crippen molar-refractivity contribution in [3.8, 4) is 5.75 Å². The Labute approximate surface area is 208 Å². The third-order valence-corrected chi connectivity index (χ3v) is 7.37. The van der Waals surface area contributed by atoms with Crippen LogP contribution in [0.15, 0.2) is 23.1 Å². The number of alkyl halides is 3. The van der Waals surface area contributed by atoms with Gasteiger partial charge in [0.05, 0.1) is 25.8 Å². The lowest BCUT2D eigenvalue weighted by atomic mass is 10.0. The highest BCUT2D eigenvalue weighted by Gasteiger charge is 2.52. The topological polar surface area (TPSA) is 126 Å². The molecule has 2 bridgehead atoms. The van der Waals surface area contributed by atoms with Gasteiger partial charge in [-0.2, -0.15) is 18.2 Å². The van der Waals surface area contributed by atoms with E-state index in [-0.39, 0.29) is 36.6 Å². The number of halogens is 3. The van der Waals surface area contributed by atoms with Crippen LogP contribution in [0.1, 0.15) is 23.2 Å². The monoisotopic (exact) mass is 519 g/mol. The van der Waals surface area contributed by atoms with Gasteiger partial charge in [-0.15, -0.1) is 0 Å². The molecule has 6 heterocycles. The number of anilines is 3. The minimum absolute atomic E-state index is 0.0933. The summed E-state index contributed by atoms with van der Waals surface area (Å²) in [6.45, 7) is 0.681. The molecule has 0 aromatic carbocycles. The number of morpholine rings is 1. The van der Waals surface area contributed by atoms with E-state index in [2.05, 4.69) is 15.3 Å². The van der Waals surface area contributed by atoms with Crippen molar-refractivity contribution in [3.63, 3.8) is 0 Å². The third-order valence-electron chi connectivity index (χ3n) is 7.37. The van der Waals surface area contributed by atoms with E-state index in [0.29, 0.717) is 37.7 Å². The van der Waals surface area contributed by atoms with Crippen molar-refractivity contribution >= 4 is 29.6 Å². The summed E-state index contributed by atoms with van der Waals surface area (Å²) in [5.41, 5.74) is -1.22. The van der Waals surface area contributed by atoms with Crippen LogP contribution in [0.25, 0.3) is 0 Å². The van der Waals surface area contributed by atoms with Crippen LogP contribution in [0.5, 0.6) is 5.75 Å². The smallest absolute Gasteiger partial charge is 0.408 e. The van der Waals surface area contributed by atoms with Crippen LogP contribution in [-0.4, -0.2) is 83.2 Å². The average molecular weight is 519 g/mol. The predicted octanol–water partition coefficient (Wildman–Crippen LogP) is 1.46. The second-order valence-electron chi connectivity index (χ2n) is 9.64. The van der Waals surface area contributed by atoms with Crippen LogP contribution in [-0.2, 0) is 11.3 Å². The Morgan fingerprint density at radius 2 is 2.19 bits per heavy atom. The van der Waals surface area contributed by atoms with Gasteiger partial charge in [0, 0.05) is 43.6 Å². The maximum atomic E-state index is 14.1. The molecule has 4 aliphatic rings. The number of Topliss-reactive ketones (excluding diaryl/α,β-unsaturated/α-hetero) is 1. The molecule has 6 rings (SSSR count). The minimum Gasteiger partial charge on any atom is -0.488 e. The Morgan fingerprint density at radius 1 is 1.35 bits per heavy atom. The Hall–Kier alpha value is -3.68. The van der Waals surface area contributed by atoms with E-state index in [4.69, 9.17) is 14.9 Å². The number of hydrogen-bond donors (Lipinski definition) is 2. The van der Waals surface area contributed by atoms with Crippen molar-refractivity contribution in [3.05, 3.63) is 34.2 Å². The van der Waals surface area contributed by atoms with Gasteiger partial charge in [0.15, 0.2) is 17.4 Å². The number of nitrogens with one attached hydrogen (secondary N) is 2. The number of ether oxygens (including phenoxy) is 2. The molecule has 3 unspecified atom stereocenters. The number of rotatable bonds is 5. The van der Waals surface area contributed by atoms with E-state index in [9.17, 15) is 22.8 Å². The number of carbonyl (C=O) groups is 1. The maximum Gasteiger partial charge on any atom is 0.408 e. The van der Waals surface area contributed by atoms with Crippen LogP contribution in [0, 0.1) is 5.41 Å². The van der Waals surface area contributed by atoms with Gasteiger partial charge in [0.2, 0.25) is 5.95 Å². The summed E-state index contributed by atoms with van der Waals surface area (Å²) in [5.74, 6) is 0.138. The van der Waals surface area contributed by atoms with Gasteiger partial charge in [-0.05, 0) is 12.5 Å². The number of hydrogen-bond acceptors (Lipinski definition) is 10. The second-order valence-corrected chi connectivity index (χ2v) is 9.64. The molecule has 2 aromatic heterocycles. The normalized spacial score (nSPS) is 26.2. The van der Waals surface area contributed by atoms with E-state index in [0.717, 1.165) is 4.90 Å². The molecule has 196 valence electrons. The van der Waals surface area contributed by atoms with E-state index >= 15 is 0 Å². The molecule has 2 saturated heterocycles. The fraction of sp³-hybridized carbons (Fsp3) is 0.522. The van der Waals surface area contributed by atoms with Crippen LogP contribution >= 0.6 is 0 Å². The summed E-state index contributed by atoms with van der Waals surface area (Å²) in [4.78, 5) is 37.5. The highest BCUT2D eigenvalue weighted by Crippen LogP contribution is 2.40. The standard InChI is InChI=1S/C23H24F3N7O4/c24-23(25,26)17-1-3-31-19(35)6-18(33-9-14-7-22(33,11-27)12-37-14)30-21(31)32(17)10-15(34)13-5-16-20(29-8-13)28-2-4-36-16/h5-6,8,11,14,17,27H,1-4,7,9-10,12H2,(H,28,29). The number of fused-ring (bicyclic) bond motifs is 4. The van der Waals surface area contributed by atoms with E-state index in [1.807, 2.05) is 0 Å². The molecule has 2 fully saturated rings. The van der Waals surface area contributed by atoms with Crippen LogP contribution in [0.4, 0.5) is 30.8 Å². The van der Waals surface area contributed by atoms with E-state index in [1.54, 1.807) is 4.90 Å². The van der Waals surface area contributed by atoms with Gasteiger partial charge < -0.3 is 30.0 Å². The molecule has 0 radical (unpaired) electrons. The Kier molecular flexibility index (Phi) is 5.40. The molecular weight excluding hydrogens is 495 g/mol. The molecule has 0 aliphatic carbocycles. The lowest BCUT2D eigenvalue weighted by Gasteiger charge is -2.40. The zero-order valence-corrected chi connectivity index (χ0v) is 19.6. The SMILES string of the molecule is N=CC12COC(CN1c1cc(=O)n3c(n1)N(CC(=O)c1cnc4c(c1)OCCN4)C(C(F)(F)F)CC3)C2. The van der Waals surface area contributed by atoms with Crippen LogP contribution < -0.4 is 25.4 Å². The quantitative estimate of drug-likeness (QED) is 0.446. The Balaban J connectivity index is 1.38. The number of aromatic nitrogens is 3. The van der Waals surface area contributed by atoms with Crippen LogP contribution in [0.3, 0.4) is 0 Å². The molecule has 4 aliphatic heterocycles. The number of carbonyl (C=O) groups excluding carboxylic acids is 1. The zero-order valence-electron chi connectivity index (χ0n) is 19.6. The summed E-state index contributed by atoms with van der Waals surface area (Å²) in [6.07, 6.45) is -2.15.